The molecule has 0 fully saturated rings. The van der Waals surface area contributed by atoms with Crippen molar-refractivity contribution in [3.8, 4) is 17.2 Å². The Hall–Kier alpha value is -4.29. The van der Waals surface area contributed by atoms with Crippen LogP contribution in [0.25, 0.3) is 0 Å². The molecule has 1 amide bonds. The lowest BCUT2D eigenvalue weighted by Crippen LogP contribution is -2.26. The van der Waals surface area contributed by atoms with Gasteiger partial charge in [0, 0.05) is 26.3 Å². The molecule has 0 aliphatic carbocycles. The predicted molar refractivity (Wildman–Crippen MR) is 159 cm³/mol. The molecule has 212 valence electrons. The van der Waals surface area contributed by atoms with E-state index in [0.29, 0.717) is 50.8 Å². The summed E-state index contributed by atoms with van der Waals surface area (Å²) in [4.78, 5) is 15.9. The molecule has 0 saturated carbocycles. The summed E-state index contributed by atoms with van der Waals surface area (Å²) in [5.74, 6) is 2.11. The maximum atomic E-state index is 14.1. The molecule has 0 unspecified atom stereocenters. The fourth-order valence-corrected chi connectivity index (χ4v) is 4.93. The van der Waals surface area contributed by atoms with Crippen LogP contribution in [0.1, 0.15) is 57.9 Å². The van der Waals surface area contributed by atoms with Gasteiger partial charge in [-0.3, -0.25) is 4.79 Å². The Morgan fingerprint density at radius 1 is 0.732 bits per heavy atom. The standard InChI is InChI=1S/C35H37NO5/c1-25(2)31-19-32(35(37)36-21-28-14-15-30(18-29(28)22-36)39-17-16-38-3)34(41-24-27-12-8-5-9-13-27)20-33(31)40-23-26-10-6-4-7-11-26/h4-15,18-20,25H,16-17,21-24H2,1-3H3. The Bertz CT molecular complexity index is 1450. The lowest BCUT2D eigenvalue weighted by Gasteiger charge is -2.22. The van der Waals surface area contributed by atoms with Crippen LogP contribution in [0, 0.1) is 0 Å². The monoisotopic (exact) mass is 551 g/mol. The number of fused-ring (bicyclic) bond motifs is 1. The average molecular weight is 552 g/mol. The second-order valence-corrected chi connectivity index (χ2v) is 10.5. The Balaban J connectivity index is 1.42. The molecule has 5 rings (SSSR count). The van der Waals surface area contributed by atoms with Gasteiger partial charge in [0.15, 0.2) is 0 Å². The summed E-state index contributed by atoms with van der Waals surface area (Å²) in [6.45, 7) is 7.06. The predicted octanol–water partition coefficient (Wildman–Crippen LogP) is 7.15. The third-order valence-corrected chi connectivity index (χ3v) is 7.18. The highest BCUT2D eigenvalue weighted by Crippen LogP contribution is 2.37. The third kappa shape index (κ3) is 7.08. The fraction of sp³-hybridized carbons (Fsp3) is 0.286. The van der Waals surface area contributed by atoms with Crippen molar-refractivity contribution in [1.29, 1.82) is 0 Å². The normalized spacial score (nSPS) is 12.3. The minimum absolute atomic E-state index is 0.0670. The molecule has 0 bridgehead atoms. The van der Waals surface area contributed by atoms with Gasteiger partial charge in [0.1, 0.15) is 37.1 Å². The maximum absolute atomic E-state index is 14.1. The van der Waals surface area contributed by atoms with Crippen LogP contribution in [0.3, 0.4) is 0 Å². The van der Waals surface area contributed by atoms with E-state index in [2.05, 4.69) is 13.8 Å². The summed E-state index contributed by atoms with van der Waals surface area (Å²) in [6.07, 6.45) is 0. The number of carbonyl (C=O) groups excluding carboxylic acids is 1. The van der Waals surface area contributed by atoms with Crippen LogP contribution >= 0.6 is 0 Å². The van der Waals surface area contributed by atoms with Gasteiger partial charge in [-0.1, -0.05) is 80.6 Å². The molecule has 1 heterocycles. The molecular formula is C35H37NO5. The summed E-state index contributed by atoms with van der Waals surface area (Å²) in [7, 11) is 1.65. The van der Waals surface area contributed by atoms with E-state index < -0.39 is 0 Å². The number of rotatable bonds is 12. The van der Waals surface area contributed by atoms with Gasteiger partial charge in [-0.25, -0.2) is 0 Å². The molecule has 4 aromatic carbocycles. The van der Waals surface area contributed by atoms with Crippen molar-refractivity contribution in [3.05, 3.63) is 124 Å². The van der Waals surface area contributed by atoms with Crippen LogP contribution in [0.5, 0.6) is 17.2 Å². The molecule has 0 atom stereocenters. The zero-order valence-corrected chi connectivity index (χ0v) is 24.0. The molecule has 0 radical (unpaired) electrons. The molecule has 0 spiro atoms. The molecule has 1 aliphatic rings. The second kappa shape index (κ2) is 13.4. The number of hydrogen-bond acceptors (Lipinski definition) is 5. The van der Waals surface area contributed by atoms with Gasteiger partial charge >= 0.3 is 0 Å². The summed E-state index contributed by atoms with van der Waals surface area (Å²) < 4.78 is 23.5. The minimum atomic E-state index is -0.0670. The quantitative estimate of drug-likeness (QED) is 0.175. The Kier molecular flexibility index (Phi) is 9.22. The van der Waals surface area contributed by atoms with Crippen molar-refractivity contribution in [1.82, 2.24) is 4.90 Å². The van der Waals surface area contributed by atoms with E-state index in [1.54, 1.807) is 7.11 Å². The van der Waals surface area contributed by atoms with E-state index >= 15 is 0 Å². The Morgan fingerprint density at radius 2 is 1.37 bits per heavy atom. The molecule has 6 heteroatoms. The lowest BCUT2D eigenvalue weighted by atomic mass is 9.98. The van der Waals surface area contributed by atoms with Crippen molar-refractivity contribution in [2.24, 2.45) is 0 Å². The summed E-state index contributed by atoms with van der Waals surface area (Å²) >= 11 is 0. The summed E-state index contributed by atoms with van der Waals surface area (Å²) in [5.41, 5.74) is 5.83. The van der Waals surface area contributed by atoms with Gasteiger partial charge in [-0.15, -0.1) is 0 Å². The van der Waals surface area contributed by atoms with Crippen LogP contribution in [-0.4, -0.2) is 31.1 Å². The molecular weight excluding hydrogens is 514 g/mol. The highest BCUT2D eigenvalue weighted by atomic mass is 16.5. The summed E-state index contributed by atoms with van der Waals surface area (Å²) in [6, 6.07) is 29.9. The highest BCUT2D eigenvalue weighted by Gasteiger charge is 2.28. The first kappa shape index (κ1) is 28.2. The number of nitrogens with zero attached hydrogens (tertiary/aromatic N) is 1. The smallest absolute Gasteiger partial charge is 0.258 e. The van der Waals surface area contributed by atoms with Crippen molar-refractivity contribution >= 4 is 5.91 Å². The number of benzene rings is 4. The first-order valence-electron chi connectivity index (χ1n) is 14.1. The van der Waals surface area contributed by atoms with E-state index in [9.17, 15) is 4.79 Å². The SMILES string of the molecule is COCCOc1ccc2c(c1)CN(C(=O)c1cc(C(C)C)c(OCc3ccccc3)cc1OCc1ccccc1)C2. The molecule has 0 N–H and O–H groups in total. The van der Waals surface area contributed by atoms with Crippen LogP contribution in [-0.2, 0) is 31.0 Å². The largest absolute Gasteiger partial charge is 0.491 e. The lowest BCUT2D eigenvalue weighted by molar-refractivity contribution is 0.0746. The number of carbonyl (C=O) groups is 1. The van der Waals surface area contributed by atoms with Gasteiger partial charge in [-0.05, 0) is 51.9 Å². The van der Waals surface area contributed by atoms with E-state index in [0.717, 1.165) is 39.3 Å². The summed E-state index contributed by atoms with van der Waals surface area (Å²) in [5, 5.41) is 0. The van der Waals surface area contributed by atoms with Crippen LogP contribution in [0.4, 0.5) is 0 Å². The number of amides is 1. The van der Waals surface area contributed by atoms with Gasteiger partial charge in [0.05, 0.1) is 12.2 Å². The molecule has 1 aliphatic heterocycles. The third-order valence-electron chi connectivity index (χ3n) is 7.18. The Morgan fingerprint density at radius 3 is 2.00 bits per heavy atom. The van der Waals surface area contributed by atoms with Crippen LogP contribution in [0.15, 0.2) is 91.0 Å². The molecule has 0 saturated heterocycles. The van der Waals surface area contributed by atoms with Gasteiger partial charge in [-0.2, -0.15) is 0 Å². The topological polar surface area (TPSA) is 57.2 Å². The first-order valence-corrected chi connectivity index (χ1v) is 14.1. The molecule has 6 nitrogen and oxygen atoms in total. The van der Waals surface area contributed by atoms with E-state index in [4.69, 9.17) is 18.9 Å². The van der Waals surface area contributed by atoms with Crippen LogP contribution < -0.4 is 14.2 Å². The maximum Gasteiger partial charge on any atom is 0.258 e. The van der Waals surface area contributed by atoms with E-state index in [1.165, 1.54) is 0 Å². The molecule has 41 heavy (non-hydrogen) atoms. The Labute approximate surface area is 242 Å². The zero-order valence-electron chi connectivity index (χ0n) is 24.0. The van der Waals surface area contributed by atoms with Crippen molar-refractivity contribution in [3.63, 3.8) is 0 Å². The number of ether oxygens (including phenoxy) is 4. The minimum Gasteiger partial charge on any atom is -0.491 e. The fourth-order valence-electron chi connectivity index (χ4n) is 4.93. The van der Waals surface area contributed by atoms with Crippen molar-refractivity contribution in [2.75, 3.05) is 20.3 Å². The van der Waals surface area contributed by atoms with E-state index in [1.807, 2.05) is 95.9 Å². The average Bonchev–Trinajstić information content (AvgIpc) is 3.43. The molecule has 0 aromatic heterocycles. The number of hydrogen-bond donors (Lipinski definition) is 0. The van der Waals surface area contributed by atoms with Gasteiger partial charge in [0.25, 0.3) is 5.91 Å². The number of methoxy groups -OCH3 is 1. The van der Waals surface area contributed by atoms with Gasteiger partial charge in [0.2, 0.25) is 0 Å². The zero-order chi connectivity index (χ0) is 28.6. The van der Waals surface area contributed by atoms with E-state index in [-0.39, 0.29) is 11.8 Å². The second-order valence-electron chi connectivity index (χ2n) is 10.5. The molecule has 4 aromatic rings. The van der Waals surface area contributed by atoms with Gasteiger partial charge < -0.3 is 23.8 Å². The van der Waals surface area contributed by atoms with Crippen molar-refractivity contribution < 1.29 is 23.7 Å². The first-order chi connectivity index (χ1) is 20.0. The highest BCUT2D eigenvalue weighted by molar-refractivity contribution is 5.98. The van der Waals surface area contributed by atoms with Crippen LogP contribution in [0.2, 0.25) is 0 Å². The van der Waals surface area contributed by atoms with Crippen molar-refractivity contribution in [2.45, 2.75) is 46.1 Å².